The summed E-state index contributed by atoms with van der Waals surface area (Å²) in [6.07, 6.45) is -4.62. The summed E-state index contributed by atoms with van der Waals surface area (Å²) in [4.78, 5) is 0. The molecule has 0 N–H and O–H groups in total. The van der Waals surface area contributed by atoms with Gasteiger partial charge in [-0.25, -0.2) is 8.42 Å². The molecule has 0 saturated carbocycles. The smallest absolute Gasteiger partial charge is 0.211 e. The van der Waals surface area contributed by atoms with Gasteiger partial charge in [-0.05, 0) is 20.8 Å². The van der Waals surface area contributed by atoms with E-state index in [1.807, 2.05) is 0 Å². The van der Waals surface area contributed by atoms with Crippen LogP contribution in [0.3, 0.4) is 0 Å². The van der Waals surface area contributed by atoms with Crippen LogP contribution in [0.25, 0.3) is 0 Å². The molecule has 0 aromatic rings. The van der Waals surface area contributed by atoms with E-state index in [1.165, 1.54) is 19.9 Å². The van der Waals surface area contributed by atoms with E-state index in [-0.39, 0.29) is 0 Å². The summed E-state index contributed by atoms with van der Waals surface area (Å²) in [7, 11) is -4.23. The Morgan fingerprint density at radius 3 is 2.00 bits per heavy atom. The van der Waals surface area contributed by atoms with Crippen LogP contribution in [0, 0.1) is 11.3 Å². The molecule has 0 radical (unpaired) electrons. The van der Waals surface area contributed by atoms with Crippen molar-refractivity contribution in [2.75, 3.05) is 6.54 Å². The largest absolute Gasteiger partial charge is 0.402 e. The highest BCUT2D eigenvalue weighted by atomic mass is 32.2. The summed E-state index contributed by atoms with van der Waals surface area (Å²) in [5.41, 5.74) is 0. The average molecular weight is 258 g/mol. The number of halogens is 3. The van der Waals surface area contributed by atoms with Crippen LogP contribution >= 0.6 is 0 Å². The van der Waals surface area contributed by atoms with Crippen molar-refractivity contribution < 1.29 is 21.6 Å². The predicted octanol–water partition coefficient (Wildman–Crippen LogP) is 1.50. The van der Waals surface area contributed by atoms with Crippen molar-refractivity contribution >= 4 is 10.0 Å². The fourth-order valence-electron chi connectivity index (χ4n) is 1.01. The molecule has 0 fully saturated rings. The van der Waals surface area contributed by atoms with Crippen LogP contribution in [0.15, 0.2) is 0 Å². The summed E-state index contributed by atoms with van der Waals surface area (Å²) in [6.45, 7) is 2.14. The zero-order valence-electron chi connectivity index (χ0n) is 9.11. The van der Waals surface area contributed by atoms with E-state index in [4.69, 9.17) is 5.26 Å². The molecule has 4 nitrogen and oxygen atoms in total. The van der Waals surface area contributed by atoms with Crippen molar-refractivity contribution in [3.63, 3.8) is 0 Å². The van der Waals surface area contributed by atoms with Gasteiger partial charge in [-0.2, -0.15) is 22.7 Å². The third-order valence-electron chi connectivity index (χ3n) is 1.87. The van der Waals surface area contributed by atoms with Crippen LogP contribution in [0.1, 0.15) is 20.8 Å². The van der Waals surface area contributed by atoms with Crippen LogP contribution < -0.4 is 0 Å². The van der Waals surface area contributed by atoms with Crippen molar-refractivity contribution in [2.45, 2.75) is 38.2 Å². The van der Waals surface area contributed by atoms with Gasteiger partial charge in [0, 0.05) is 6.04 Å². The minimum Gasteiger partial charge on any atom is -0.211 e. The molecule has 0 spiro atoms. The molecule has 0 aromatic heterocycles. The predicted molar refractivity (Wildman–Crippen MR) is 51.9 cm³/mol. The molecule has 0 rings (SSSR count). The van der Waals surface area contributed by atoms with Gasteiger partial charge in [0.05, 0.1) is 6.07 Å². The number of rotatable bonds is 4. The van der Waals surface area contributed by atoms with E-state index < -0.39 is 34.0 Å². The molecule has 0 aromatic carbocycles. The van der Waals surface area contributed by atoms with Gasteiger partial charge in [0.1, 0.15) is 6.54 Å². The standard InChI is InChI=1S/C8H13F3N2O2S/c1-6(2)13(5-8(9,10)11)16(14,15)7(3)4-12/h6-7H,5H2,1-3H3. The van der Waals surface area contributed by atoms with Crippen molar-refractivity contribution in [1.82, 2.24) is 4.31 Å². The fraction of sp³-hybridized carbons (Fsp3) is 0.875. The molecule has 0 bridgehead atoms. The third-order valence-corrected chi connectivity index (χ3v) is 4.07. The van der Waals surface area contributed by atoms with Gasteiger partial charge >= 0.3 is 6.18 Å². The van der Waals surface area contributed by atoms with Crippen molar-refractivity contribution in [2.24, 2.45) is 0 Å². The van der Waals surface area contributed by atoms with Gasteiger partial charge in [-0.3, -0.25) is 0 Å². The highest BCUT2D eigenvalue weighted by molar-refractivity contribution is 7.90. The zero-order chi connectivity index (χ0) is 13.1. The van der Waals surface area contributed by atoms with E-state index in [1.54, 1.807) is 0 Å². The topological polar surface area (TPSA) is 61.2 Å². The summed E-state index contributed by atoms with van der Waals surface area (Å²) in [5.74, 6) is 0. The van der Waals surface area contributed by atoms with Gasteiger partial charge in [-0.1, -0.05) is 0 Å². The quantitative estimate of drug-likeness (QED) is 0.767. The number of sulfonamides is 1. The zero-order valence-corrected chi connectivity index (χ0v) is 9.93. The average Bonchev–Trinajstić information content (AvgIpc) is 2.10. The SMILES string of the molecule is CC(C)N(CC(F)(F)F)S(=O)(=O)C(C)C#N. The molecule has 8 heteroatoms. The minimum atomic E-state index is -4.62. The highest BCUT2D eigenvalue weighted by Crippen LogP contribution is 2.22. The molecule has 1 unspecified atom stereocenters. The molecule has 94 valence electrons. The van der Waals surface area contributed by atoms with Crippen molar-refractivity contribution in [3.05, 3.63) is 0 Å². The van der Waals surface area contributed by atoms with Crippen LogP contribution in [0.5, 0.6) is 0 Å². The first kappa shape index (κ1) is 15.2. The Morgan fingerprint density at radius 1 is 1.31 bits per heavy atom. The minimum absolute atomic E-state index is 0.293. The molecule has 0 aliphatic heterocycles. The van der Waals surface area contributed by atoms with Crippen molar-refractivity contribution in [1.29, 1.82) is 5.26 Å². The first-order valence-electron chi connectivity index (χ1n) is 4.49. The van der Waals surface area contributed by atoms with E-state index in [0.29, 0.717) is 4.31 Å². The second-order valence-corrected chi connectivity index (χ2v) is 5.78. The lowest BCUT2D eigenvalue weighted by Crippen LogP contribution is -2.46. The number of hydrogen-bond acceptors (Lipinski definition) is 3. The number of nitriles is 1. The second-order valence-electron chi connectivity index (χ2n) is 3.57. The van der Waals surface area contributed by atoms with Crippen molar-refractivity contribution in [3.8, 4) is 6.07 Å². The van der Waals surface area contributed by atoms with E-state index >= 15 is 0 Å². The van der Waals surface area contributed by atoms with Gasteiger partial charge < -0.3 is 0 Å². The molecular weight excluding hydrogens is 245 g/mol. The Balaban J connectivity index is 5.18. The molecule has 0 aliphatic rings. The molecule has 1 atom stereocenters. The number of hydrogen-bond donors (Lipinski definition) is 0. The van der Waals surface area contributed by atoms with Crippen LogP contribution in [0.4, 0.5) is 13.2 Å². The molecular formula is C8H13F3N2O2S. The Kier molecular flexibility index (Phi) is 4.76. The molecule has 0 aliphatic carbocycles. The molecule has 0 saturated heterocycles. The first-order chi connectivity index (χ1) is 7.02. The third kappa shape index (κ3) is 3.98. The van der Waals surface area contributed by atoms with Gasteiger partial charge in [-0.15, -0.1) is 0 Å². The highest BCUT2D eigenvalue weighted by Gasteiger charge is 2.39. The fourth-order valence-corrected chi connectivity index (χ4v) is 2.47. The summed E-state index contributed by atoms with van der Waals surface area (Å²) in [6, 6.07) is 0.584. The second kappa shape index (κ2) is 5.01. The maximum Gasteiger partial charge on any atom is 0.402 e. The summed E-state index contributed by atoms with van der Waals surface area (Å²) in [5, 5.41) is 6.97. The van der Waals surface area contributed by atoms with Crippen LogP contribution in [-0.2, 0) is 10.0 Å². The molecule has 0 amide bonds. The Hall–Kier alpha value is -0.810. The van der Waals surface area contributed by atoms with Crippen LogP contribution in [0.2, 0.25) is 0 Å². The number of nitrogens with zero attached hydrogens (tertiary/aromatic N) is 2. The molecule has 16 heavy (non-hydrogen) atoms. The maximum absolute atomic E-state index is 12.2. The van der Waals surface area contributed by atoms with E-state index in [9.17, 15) is 21.6 Å². The van der Waals surface area contributed by atoms with Gasteiger partial charge in [0.25, 0.3) is 0 Å². The normalized spacial score (nSPS) is 15.2. The Bertz CT molecular complexity index is 370. The first-order valence-corrected chi connectivity index (χ1v) is 5.99. The van der Waals surface area contributed by atoms with Gasteiger partial charge in [0.15, 0.2) is 5.25 Å². The summed E-state index contributed by atoms with van der Waals surface area (Å²) < 4.78 is 60.0. The maximum atomic E-state index is 12.2. The Labute approximate surface area is 92.7 Å². The van der Waals surface area contributed by atoms with Crippen LogP contribution in [-0.4, -0.2) is 36.7 Å². The molecule has 0 heterocycles. The van der Waals surface area contributed by atoms with E-state index in [0.717, 1.165) is 6.92 Å². The van der Waals surface area contributed by atoms with Gasteiger partial charge in [0.2, 0.25) is 10.0 Å². The number of alkyl halides is 3. The lowest BCUT2D eigenvalue weighted by Gasteiger charge is -2.27. The monoisotopic (exact) mass is 258 g/mol. The summed E-state index contributed by atoms with van der Waals surface area (Å²) >= 11 is 0. The van der Waals surface area contributed by atoms with E-state index in [2.05, 4.69) is 0 Å². The lowest BCUT2D eigenvalue weighted by molar-refractivity contribution is -0.138. The lowest BCUT2D eigenvalue weighted by atomic mass is 10.4. The Morgan fingerprint density at radius 2 is 1.75 bits per heavy atom.